The number of likely N-dealkylation sites (N-methyl/N-ethyl adjacent to an activating group) is 1. The van der Waals surface area contributed by atoms with Crippen LogP contribution in [0.15, 0.2) is 18.2 Å². The molecule has 0 radical (unpaired) electrons. The molecule has 0 bridgehead atoms. The van der Waals surface area contributed by atoms with Gasteiger partial charge in [-0.15, -0.1) is 0 Å². The summed E-state index contributed by atoms with van der Waals surface area (Å²) < 4.78 is 5.39. The molecular weight excluding hydrogens is 240 g/mol. The zero-order valence-electron chi connectivity index (χ0n) is 12.1. The SMILES string of the molecule is COc1cccc(N2CCCN(C)CC2)c1C(C)O. The molecule has 1 fully saturated rings. The third-order valence-electron chi connectivity index (χ3n) is 3.74. The van der Waals surface area contributed by atoms with E-state index in [1.807, 2.05) is 12.1 Å². The van der Waals surface area contributed by atoms with Gasteiger partial charge in [-0.1, -0.05) is 6.07 Å². The highest BCUT2D eigenvalue weighted by Crippen LogP contribution is 2.34. The lowest BCUT2D eigenvalue weighted by atomic mass is 10.1. The van der Waals surface area contributed by atoms with Gasteiger partial charge >= 0.3 is 0 Å². The number of nitrogens with zero attached hydrogens (tertiary/aromatic N) is 2. The molecule has 2 rings (SSSR count). The van der Waals surface area contributed by atoms with Crippen molar-refractivity contribution in [3.63, 3.8) is 0 Å². The Bertz CT molecular complexity index is 421. The number of anilines is 1. The van der Waals surface area contributed by atoms with Gasteiger partial charge in [0.25, 0.3) is 0 Å². The van der Waals surface area contributed by atoms with Gasteiger partial charge in [0.15, 0.2) is 0 Å². The van der Waals surface area contributed by atoms with Gasteiger partial charge in [-0.3, -0.25) is 0 Å². The second-order valence-electron chi connectivity index (χ2n) is 5.21. The third-order valence-corrected chi connectivity index (χ3v) is 3.74. The van der Waals surface area contributed by atoms with Gasteiger partial charge < -0.3 is 19.6 Å². The Labute approximate surface area is 115 Å². The van der Waals surface area contributed by atoms with Crippen LogP contribution in [0.2, 0.25) is 0 Å². The van der Waals surface area contributed by atoms with Crippen molar-refractivity contribution >= 4 is 5.69 Å². The van der Waals surface area contributed by atoms with Crippen LogP contribution in [-0.4, -0.2) is 50.3 Å². The van der Waals surface area contributed by atoms with Crippen molar-refractivity contribution in [2.24, 2.45) is 0 Å². The molecule has 1 saturated heterocycles. The fourth-order valence-corrected chi connectivity index (χ4v) is 2.69. The van der Waals surface area contributed by atoms with E-state index in [1.165, 1.54) is 0 Å². The number of hydrogen-bond donors (Lipinski definition) is 1. The van der Waals surface area contributed by atoms with Crippen molar-refractivity contribution in [1.29, 1.82) is 0 Å². The monoisotopic (exact) mass is 264 g/mol. The predicted molar refractivity (Wildman–Crippen MR) is 78.0 cm³/mol. The number of aliphatic hydroxyl groups is 1. The Morgan fingerprint density at radius 1 is 1.21 bits per heavy atom. The highest BCUT2D eigenvalue weighted by molar-refractivity contribution is 5.60. The van der Waals surface area contributed by atoms with E-state index in [-0.39, 0.29) is 0 Å². The minimum Gasteiger partial charge on any atom is -0.496 e. The Morgan fingerprint density at radius 3 is 2.68 bits per heavy atom. The first-order chi connectivity index (χ1) is 9.13. The highest BCUT2D eigenvalue weighted by Gasteiger charge is 2.20. The molecule has 0 aliphatic carbocycles. The zero-order valence-corrected chi connectivity index (χ0v) is 12.1. The van der Waals surface area contributed by atoms with Gasteiger partial charge in [0, 0.05) is 30.9 Å². The Kier molecular flexibility index (Phi) is 4.66. The van der Waals surface area contributed by atoms with E-state index in [4.69, 9.17) is 4.74 Å². The molecule has 1 aromatic carbocycles. The maximum Gasteiger partial charge on any atom is 0.126 e. The summed E-state index contributed by atoms with van der Waals surface area (Å²) in [5, 5.41) is 10.1. The van der Waals surface area contributed by atoms with Gasteiger partial charge in [0.1, 0.15) is 5.75 Å². The van der Waals surface area contributed by atoms with Crippen LogP contribution in [0.1, 0.15) is 25.0 Å². The first-order valence-corrected chi connectivity index (χ1v) is 6.92. The van der Waals surface area contributed by atoms with Crippen LogP contribution in [0, 0.1) is 0 Å². The van der Waals surface area contributed by atoms with Crippen molar-refractivity contribution < 1.29 is 9.84 Å². The standard InChI is InChI=1S/C15H24N2O2/c1-12(18)15-13(6-4-7-14(15)19-3)17-9-5-8-16(2)10-11-17/h4,6-7,12,18H,5,8-11H2,1-3H3. The van der Waals surface area contributed by atoms with Crippen LogP contribution in [0.3, 0.4) is 0 Å². The number of methoxy groups -OCH3 is 1. The van der Waals surface area contributed by atoms with Crippen LogP contribution in [0.5, 0.6) is 5.75 Å². The minimum absolute atomic E-state index is 0.521. The normalized spacial score (nSPS) is 19.1. The van der Waals surface area contributed by atoms with Crippen molar-refractivity contribution in [3.8, 4) is 5.75 Å². The molecule has 0 aromatic heterocycles. The van der Waals surface area contributed by atoms with E-state index >= 15 is 0 Å². The fraction of sp³-hybridized carbons (Fsp3) is 0.600. The van der Waals surface area contributed by atoms with Crippen LogP contribution in [0.4, 0.5) is 5.69 Å². The fourth-order valence-electron chi connectivity index (χ4n) is 2.69. The molecule has 106 valence electrons. The molecule has 1 aromatic rings. The zero-order chi connectivity index (χ0) is 13.8. The van der Waals surface area contributed by atoms with Gasteiger partial charge in [-0.2, -0.15) is 0 Å². The lowest BCUT2D eigenvalue weighted by Crippen LogP contribution is -2.29. The molecule has 4 nitrogen and oxygen atoms in total. The van der Waals surface area contributed by atoms with Crippen molar-refractivity contribution in [2.45, 2.75) is 19.4 Å². The van der Waals surface area contributed by atoms with Gasteiger partial charge in [0.05, 0.1) is 13.2 Å². The molecule has 0 saturated carbocycles. The van der Waals surface area contributed by atoms with E-state index in [9.17, 15) is 5.11 Å². The summed E-state index contributed by atoms with van der Waals surface area (Å²) in [7, 11) is 3.81. The Hall–Kier alpha value is -1.26. The lowest BCUT2D eigenvalue weighted by Gasteiger charge is -2.27. The van der Waals surface area contributed by atoms with Gasteiger partial charge in [-0.05, 0) is 39.1 Å². The average Bonchev–Trinajstić information content (AvgIpc) is 2.62. The molecule has 0 spiro atoms. The number of benzene rings is 1. The topological polar surface area (TPSA) is 35.9 Å². The van der Waals surface area contributed by atoms with Crippen molar-refractivity contribution in [1.82, 2.24) is 4.90 Å². The summed E-state index contributed by atoms with van der Waals surface area (Å²) in [6.45, 7) is 5.99. The second-order valence-corrected chi connectivity index (χ2v) is 5.21. The summed E-state index contributed by atoms with van der Waals surface area (Å²) in [5.74, 6) is 0.769. The maximum atomic E-state index is 10.1. The van der Waals surface area contributed by atoms with Crippen LogP contribution < -0.4 is 9.64 Å². The second kappa shape index (κ2) is 6.26. The summed E-state index contributed by atoms with van der Waals surface area (Å²) >= 11 is 0. The number of ether oxygens (including phenoxy) is 1. The molecule has 19 heavy (non-hydrogen) atoms. The molecule has 1 unspecified atom stereocenters. The molecule has 4 heteroatoms. The highest BCUT2D eigenvalue weighted by atomic mass is 16.5. The summed E-state index contributed by atoms with van der Waals surface area (Å²) in [6, 6.07) is 5.99. The summed E-state index contributed by atoms with van der Waals surface area (Å²) in [5.41, 5.74) is 2.00. The lowest BCUT2D eigenvalue weighted by molar-refractivity contribution is 0.194. The Balaban J connectivity index is 2.32. The predicted octanol–water partition coefficient (Wildman–Crippen LogP) is 1.89. The van der Waals surface area contributed by atoms with E-state index in [1.54, 1.807) is 14.0 Å². The summed E-state index contributed by atoms with van der Waals surface area (Å²) in [4.78, 5) is 4.70. The Morgan fingerprint density at radius 2 is 2.00 bits per heavy atom. The number of rotatable bonds is 3. The minimum atomic E-state index is -0.521. The molecule has 1 N–H and O–H groups in total. The van der Waals surface area contributed by atoms with Crippen LogP contribution in [0.25, 0.3) is 0 Å². The largest absolute Gasteiger partial charge is 0.496 e. The number of aliphatic hydroxyl groups excluding tert-OH is 1. The molecule has 1 aliphatic heterocycles. The van der Waals surface area contributed by atoms with Gasteiger partial charge in [0.2, 0.25) is 0 Å². The third kappa shape index (κ3) is 3.19. The average molecular weight is 264 g/mol. The first-order valence-electron chi connectivity index (χ1n) is 6.92. The first kappa shape index (κ1) is 14.2. The van der Waals surface area contributed by atoms with Crippen molar-refractivity contribution in [2.75, 3.05) is 45.2 Å². The maximum absolute atomic E-state index is 10.1. The van der Waals surface area contributed by atoms with Crippen LogP contribution >= 0.6 is 0 Å². The number of hydrogen-bond acceptors (Lipinski definition) is 4. The van der Waals surface area contributed by atoms with Crippen LogP contribution in [-0.2, 0) is 0 Å². The molecule has 0 amide bonds. The van der Waals surface area contributed by atoms with E-state index in [2.05, 4.69) is 22.9 Å². The van der Waals surface area contributed by atoms with E-state index < -0.39 is 6.10 Å². The molecule has 1 heterocycles. The molecule has 1 aliphatic rings. The summed E-state index contributed by atoms with van der Waals surface area (Å²) in [6.07, 6.45) is 0.625. The van der Waals surface area contributed by atoms with E-state index in [0.717, 1.165) is 49.6 Å². The smallest absolute Gasteiger partial charge is 0.126 e. The molecular formula is C15H24N2O2. The quantitative estimate of drug-likeness (QED) is 0.904. The van der Waals surface area contributed by atoms with E-state index in [0.29, 0.717) is 0 Å². The van der Waals surface area contributed by atoms with Crippen molar-refractivity contribution in [3.05, 3.63) is 23.8 Å². The molecule has 1 atom stereocenters. The van der Waals surface area contributed by atoms with Gasteiger partial charge in [-0.25, -0.2) is 0 Å².